The van der Waals surface area contributed by atoms with E-state index < -0.39 is 18.1 Å². The maximum atomic E-state index is 13.4. The van der Waals surface area contributed by atoms with Crippen LogP contribution in [0.15, 0.2) is 24.3 Å². The standard InChI is InChI=1S/C20H32FNO3.ClH/c1-6-15(7-2)19(25-17-10-8-9-16(21)12-17)14(5)24-20(23)18(22)11-13(3)4;/h8-10,12-15,18-19H,6-7,11,22H2,1-5H3;1H/t14-,18-,19+;/m0./s1. The van der Waals surface area contributed by atoms with Gasteiger partial charge in [-0.3, -0.25) is 4.79 Å². The third-order valence-corrected chi connectivity index (χ3v) is 4.37. The van der Waals surface area contributed by atoms with Crippen LogP contribution in [0.3, 0.4) is 0 Å². The lowest BCUT2D eigenvalue weighted by atomic mass is 9.93. The zero-order chi connectivity index (χ0) is 19.0. The quantitative estimate of drug-likeness (QED) is 0.587. The van der Waals surface area contributed by atoms with Crippen molar-refractivity contribution in [1.82, 2.24) is 0 Å². The molecule has 0 fully saturated rings. The Labute approximate surface area is 163 Å². The zero-order valence-electron chi connectivity index (χ0n) is 16.4. The Balaban J connectivity index is 0.00000625. The molecule has 0 amide bonds. The van der Waals surface area contributed by atoms with E-state index in [-0.39, 0.29) is 30.2 Å². The molecule has 0 aliphatic carbocycles. The molecule has 2 N–H and O–H groups in total. The van der Waals surface area contributed by atoms with Crippen LogP contribution in [0, 0.1) is 17.7 Å². The average Bonchev–Trinajstić information content (AvgIpc) is 2.54. The summed E-state index contributed by atoms with van der Waals surface area (Å²) in [5.41, 5.74) is 5.92. The summed E-state index contributed by atoms with van der Waals surface area (Å²) >= 11 is 0. The fraction of sp³-hybridized carbons (Fsp3) is 0.650. The van der Waals surface area contributed by atoms with Crippen molar-refractivity contribution in [3.05, 3.63) is 30.1 Å². The molecule has 0 aromatic heterocycles. The van der Waals surface area contributed by atoms with Crippen LogP contribution in [0.2, 0.25) is 0 Å². The van der Waals surface area contributed by atoms with Crippen LogP contribution in [0.1, 0.15) is 53.9 Å². The van der Waals surface area contributed by atoms with Gasteiger partial charge >= 0.3 is 5.97 Å². The summed E-state index contributed by atoms with van der Waals surface area (Å²) in [7, 11) is 0. The molecule has 4 nitrogen and oxygen atoms in total. The Kier molecular flexibility index (Phi) is 11.5. The zero-order valence-corrected chi connectivity index (χ0v) is 17.2. The number of hydrogen-bond acceptors (Lipinski definition) is 4. The molecule has 1 aromatic carbocycles. The fourth-order valence-electron chi connectivity index (χ4n) is 2.97. The molecule has 0 heterocycles. The number of esters is 1. The van der Waals surface area contributed by atoms with Crippen LogP contribution in [0.25, 0.3) is 0 Å². The van der Waals surface area contributed by atoms with Gasteiger partial charge in [-0.25, -0.2) is 4.39 Å². The predicted molar refractivity (Wildman–Crippen MR) is 105 cm³/mol. The van der Waals surface area contributed by atoms with Crippen molar-refractivity contribution in [2.75, 3.05) is 0 Å². The van der Waals surface area contributed by atoms with E-state index in [2.05, 4.69) is 13.8 Å². The van der Waals surface area contributed by atoms with Gasteiger partial charge in [0.2, 0.25) is 0 Å². The molecule has 0 saturated heterocycles. The molecular formula is C20H33ClFNO3. The second kappa shape index (κ2) is 12.1. The topological polar surface area (TPSA) is 61.5 Å². The molecule has 0 spiro atoms. The molecule has 1 aromatic rings. The first-order chi connectivity index (χ1) is 11.8. The lowest BCUT2D eigenvalue weighted by molar-refractivity contribution is -0.156. The summed E-state index contributed by atoms with van der Waals surface area (Å²) in [6, 6.07) is 5.38. The van der Waals surface area contributed by atoms with Crippen LogP contribution in [0.4, 0.5) is 4.39 Å². The number of carbonyl (C=O) groups excluding carboxylic acids is 1. The van der Waals surface area contributed by atoms with E-state index in [4.69, 9.17) is 15.2 Å². The number of hydrogen-bond donors (Lipinski definition) is 1. The van der Waals surface area contributed by atoms with E-state index >= 15 is 0 Å². The van der Waals surface area contributed by atoms with Gasteiger partial charge in [-0.15, -0.1) is 12.4 Å². The van der Waals surface area contributed by atoms with E-state index in [9.17, 15) is 9.18 Å². The summed E-state index contributed by atoms with van der Waals surface area (Å²) in [4.78, 5) is 12.2. The van der Waals surface area contributed by atoms with E-state index in [0.717, 1.165) is 12.8 Å². The summed E-state index contributed by atoms with van der Waals surface area (Å²) in [6.45, 7) is 9.96. The molecule has 3 atom stereocenters. The Morgan fingerprint density at radius 1 is 1.19 bits per heavy atom. The van der Waals surface area contributed by atoms with Crippen molar-refractivity contribution in [3.8, 4) is 5.75 Å². The van der Waals surface area contributed by atoms with Crippen molar-refractivity contribution >= 4 is 18.4 Å². The van der Waals surface area contributed by atoms with Gasteiger partial charge in [-0.2, -0.15) is 0 Å². The van der Waals surface area contributed by atoms with E-state index in [1.54, 1.807) is 12.1 Å². The number of nitrogens with two attached hydrogens (primary N) is 1. The Morgan fingerprint density at radius 3 is 2.31 bits per heavy atom. The first-order valence-corrected chi connectivity index (χ1v) is 9.16. The minimum Gasteiger partial charge on any atom is -0.486 e. The van der Waals surface area contributed by atoms with E-state index in [0.29, 0.717) is 18.1 Å². The lowest BCUT2D eigenvalue weighted by Crippen LogP contribution is -2.43. The van der Waals surface area contributed by atoms with Gasteiger partial charge in [-0.05, 0) is 50.2 Å². The maximum Gasteiger partial charge on any atom is 0.323 e. The van der Waals surface area contributed by atoms with Crippen LogP contribution < -0.4 is 10.5 Å². The van der Waals surface area contributed by atoms with E-state index in [1.807, 2.05) is 20.8 Å². The highest BCUT2D eigenvalue weighted by Gasteiger charge is 2.31. The van der Waals surface area contributed by atoms with Crippen LogP contribution in [-0.4, -0.2) is 24.2 Å². The van der Waals surface area contributed by atoms with Crippen LogP contribution in [0.5, 0.6) is 5.75 Å². The number of halogens is 2. The normalized spacial score (nSPS) is 14.5. The molecule has 0 aliphatic rings. The molecule has 0 radical (unpaired) electrons. The van der Waals surface area contributed by atoms with Crippen molar-refractivity contribution in [1.29, 1.82) is 0 Å². The number of rotatable bonds is 10. The summed E-state index contributed by atoms with van der Waals surface area (Å²) in [6.07, 6.45) is 1.49. The minimum atomic E-state index is -0.640. The highest BCUT2D eigenvalue weighted by atomic mass is 35.5. The molecule has 1 rings (SSSR count). The number of ether oxygens (including phenoxy) is 2. The lowest BCUT2D eigenvalue weighted by Gasteiger charge is -2.31. The second-order valence-corrected chi connectivity index (χ2v) is 6.99. The number of carbonyl (C=O) groups is 1. The second-order valence-electron chi connectivity index (χ2n) is 6.99. The Morgan fingerprint density at radius 2 is 1.81 bits per heavy atom. The molecular weight excluding hydrogens is 357 g/mol. The average molecular weight is 390 g/mol. The monoisotopic (exact) mass is 389 g/mol. The van der Waals surface area contributed by atoms with E-state index in [1.165, 1.54) is 12.1 Å². The smallest absolute Gasteiger partial charge is 0.323 e. The first kappa shape index (κ1) is 24.7. The van der Waals surface area contributed by atoms with Crippen LogP contribution in [-0.2, 0) is 9.53 Å². The summed E-state index contributed by atoms with van der Waals surface area (Å²) in [5.74, 6) is 0.166. The first-order valence-electron chi connectivity index (χ1n) is 9.16. The third kappa shape index (κ3) is 7.92. The van der Waals surface area contributed by atoms with Crippen molar-refractivity contribution in [2.45, 2.75) is 72.1 Å². The summed E-state index contributed by atoms with van der Waals surface area (Å²) in [5, 5.41) is 0. The molecule has 0 unspecified atom stereocenters. The van der Waals surface area contributed by atoms with Crippen molar-refractivity contribution < 1.29 is 18.7 Å². The Hall–Kier alpha value is -1.33. The largest absolute Gasteiger partial charge is 0.486 e. The van der Waals surface area contributed by atoms with Crippen molar-refractivity contribution in [3.63, 3.8) is 0 Å². The summed E-state index contributed by atoms with van der Waals surface area (Å²) < 4.78 is 25.0. The van der Waals surface area contributed by atoms with Gasteiger partial charge < -0.3 is 15.2 Å². The molecule has 26 heavy (non-hydrogen) atoms. The molecule has 0 bridgehead atoms. The minimum absolute atomic E-state index is 0. The number of benzene rings is 1. The van der Waals surface area contributed by atoms with Crippen molar-refractivity contribution in [2.24, 2.45) is 17.6 Å². The van der Waals surface area contributed by atoms with Gasteiger partial charge in [0.25, 0.3) is 0 Å². The molecule has 0 saturated carbocycles. The Bertz CT molecular complexity index is 538. The molecule has 0 aliphatic heterocycles. The van der Waals surface area contributed by atoms with Crippen LogP contribution >= 0.6 is 12.4 Å². The SMILES string of the molecule is CCC(CC)[C@H](Oc1cccc(F)c1)[C@H](C)OC(=O)[C@@H](N)CC(C)C.Cl. The molecule has 6 heteroatoms. The third-order valence-electron chi connectivity index (χ3n) is 4.37. The predicted octanol–water partition coefficient (Wildman–Crippen LogP) is 4.74. The van der Waals surface area contributed by atoms with Gasteiger partial charge in [0, 0.05) is 6.07 Å². The van der Waals surface area contributed by atoms with Gasteiger partial charge in [0.1, 0.15) is 29.8 Å². The fourth-order valence-corrected chi connectivity index (χ4v) is 2.97. The highest BCUT2D eigenvalue weighted by Crippen LogP contribution is 2.25. The highest BCUT2D eigenvalue weighted by molar-refractivity contribution is 5.85. The van der Waals surface area contributed by atoms with Gasteiger partial charge in [0.05, 0.1) is 0 Å². The van der Waals surface area contributed by atoms with Gasteiger partial charge in [0.15, 0.2) is 0 Å². The maximum absolute atomic E-state index is 13.4. The molecule has 150 valence electrons. The van der Waals surface area contributed by atoms with Gasteiger partial charge in [-0.1, -0.05) is 33.8 Å².